The predicted molar refractivity (Wildman–Crippen MR) is 133 cm³/mol. The molecule has 36 heavy (non-hydrogen) atoms. The van der Waals surface area contributed by atoms with Gasteiger partial charge in [0.05, 0.1) is 5.60 Å². The maximum absolute atomic E-state index is 13.8. The van der Waals surface area contributed by atoms with Gasteiger partial charge in [0.15, 0.2) is 17.0 Å². The van der Waals surface area contributed by atoms with Crippen LogP contribution in [0.1, 0.15) is 61.8 Å². The van der Waals surface area contributed by atoms with Crippen molar-refractivity contribution in [1.29, 1.82) is 0 Å². The van der Waals surface area contributed by atoms with Crippen LogP contribution in [0.3, 0.4) is 0 Å². The molecular formula is C28H40O8. The summed E-state index contributed by atoms with van der Waals surface area (Å²) < 4.78 is 23.8. The third kappa shape index (κ3) is 4.71. The highest BCUT2D eigenvalue weighted by Crippen LogP contribution is 2.65. The van der Waals surface area contributed by atoms with Crippen molar-refractivity contribution in [2.45, 2.75) is 96.9 Å². The third-order valence-electron chi connectivity index (χ3n) is 7.81. The zero-order valence-electron chi connectivity index (χ0n) is 22.8. The fraction of sp³-hybridized carbons (Fsp3) is 0.679. The molecule has 0 spiro atoms. The Kier molecular flexibility index (Phi) is 7.76. The normalized spacial score (nSPS) is 41.2. The Hall–Kier alpha value is -2.29. The first-order chi connectivity index (χ1) is 16.6. The lowest BCUT2D eigenvalue weighted by Crippen LogP contribution is -2.47. The van der Waals surface area contributed by atoms with Crippen LogP contribution in [-0.2, 0) is 33.3 Å². The number of aliphatic hydroxyl groups is 1. The number of hydrogen-bond acceptors (Lipinski definition) is 8. The molecule has 200 valence electrons. The number of Topliss-reactive ketones (excluding diaryl/α,β-unsaturated/α-hetero) is 1. The quantitative estimate of drug-likeness (QED) is 0.262. The second-order valence-electron chi connectivity index (χ2n) is 11.0. The molecule has 8 atom stereocenters. The van der Waals surface area contributed by atoms with Crippen molar-refractivity contribution >= 4 is 17.7 Å². The maximum atomic E-state index is 13.8. The van der Waals surface area contributed by atoms with Crippen LogP contribution in [0.25, 0.3) is 0 Å². The van der Waals surface area contributed by atoms with Crippen molar-refractivity contribution < 1.29 is 38.4 Å². The van der Waals surface area contributed by atoms with Crippen LogP contribution in [0, 0.1) is 17.8 Å². The van der Waals surface area contributed by atoms with Gasteiger partial charge >= 0.3 is 11.9 Å². The standard InChI is InChI=1S/C28H40O8/c1-10-15(2)25(31)35-21-17(4)13-28-24(34-19(6)29)18(5)14-27(28,36-28)23(30)16(3)11-12-20(22(21)33-9)26(7,8)32/h10-13,16,18,20-22,24,32H,14H2,1-9H3/b12-11-,15-10-,17-13+/t16-,18+,20?,21-,22?,24+,27+,28+/m1/s1. The van der Waals surface area contributed by atoms with E-state index in [9.17, 15) is 19.5 Å². The Labute approximate surface area is 213 Å². The number of carbonyl (C=O) groups is 3. The fourth-order valence-corrected chi connectivity index (χ4v) is 5.80. The minimum atomic E-state index is -1.25. The summed E-state index contributed by atoms with van der Waals surface area (Å²) >= 11 is 0. The fourth-order valence-electron chi connectivity index (χ4n) is 5.80. The number of rotatable bonds is 5. The summed E-state index contributed by atoms with van der Waals surface area (Å²) in [6.07, 6.45) is 4.98. The lowest BCUT2D eigenvalue weighted by Gasteiger charge is -2.38. The first kappa shape index (κ1) is 28.3. The summed E-state index contributed by atoms with van der Waals surface area (Å²) in [5, 5.41) is 11.1. The maximum Gasteiger partial charge on any atom is 0.334 e. The molecule has 8 heteroatoms. The number of esters is 2. The lowest BCUT2D eigenvalue weighted by atomic mass is 9.81. The number of ketones is 1. The summed E-state index contributed by atoms with van der Waals surface area (Å²) in [6, 6.07) is 0. The molecular weight excluding hydrogens is 464 g/mol. The average Bonchev–Trinajstić information content (AvgIpc) is 3.36. The van der Waals surface area contributed by atoms with Crippen LogP contribution in [0.2, 0.25) is 0 Å². The number of methoxy groups -OCH3 is 1. The molecule has 1 saturated carbocycles. The number of ether oxygens (including phenoxy) is 4. The van der Waals surface area contributed by atoms with Gasteiger partial charge in [-0.25, -0.2) is 4.79 Å². The molecule has 1 saturated heterocycles. The molecule has 0 bridgehead atoms. The van der Waals surface area contributed by atoms with Crippen molar-refractivity contribution in [3.63, 3.8) is 0 Å². The van der Waals surface area contributed by atoms with Crippen LogP contribution >= 0.6 is 0 Å². The number of carbonyl (C=O) groups excluding carboxylic acids is 3. The van der Waals surface area contributed by atoms with E-state index in [4.69, 9.17) is 18.9 Å². The van der Waals surface area contributed by atoms with Crippen LogP contribution < -0.4 is 0 Å². The molecule has 0 aromatic heterocycles. The van der Waals surface area contributed by atoms with E-state index in [1.54, 1.807) is 65.8 Å². The highest BCUT2D eigenvalue weighted by Gasteiger charge is 2.82. The largest absolute Gasteiger partial charge is 0.459 e. The van der Waals surface area contributed by atoms with E-state index in [2.05, 4.69) is 0 Å². The van der Waals surface area contributed by atoms with E-state index in [-0.39, 0.29) is 11.7 Å². The minimum Gasteiger partial charge on any atom is -0.459 e. The first-order valence-corrected chi connectivity index (χ1v) is 12.5. The van der Waals surface area contributed by atoms with Gasteiger partial charge in [-0.15, -0.1) is 0 Å². The summed E-state index contributed by atoms with van der Waals surface area (Å²) in [4.78, 5) is 38.6. The van der Waals surface area contributed by atoms with Crippen molar-refractivity contribution in [3.05, 3.63) is 35.5 Å². The van der Waals surface area contributed by atoms with Gasteiger partial charge in [0.25, 0.3) is 0 Å². The molecule has 1 N–H and O–H groups in total. The number of hydrogen-bond donors (Lipinski definition) is 1. The summed E-state index contributed by atoms with van der Waals surface area (Å²) in [6.45, 7) is 13.5. The van der Waals surface area contributed by atoms with Crippen LogP contribution in [0.15, 0.2) is 35.5 Å². The van der Waals surface area contributed by atoms with Gasteiger partial charge in [0.2, 0.25) is 0 Å². The monoisotopic (exact) mass is 504 g/mol. The second-order valence-corrected chi connectivity index (χ2v) is 11.0. The molecule has 3 aliphatic rings. The van der Waals surface area contributed by atoms with E-state index in [0.29, 0.717) is 17.6 Å². The minimum absolute atomic E-state index is 0.118. The molecule has 1 heterocycles. The number of allylic oxidation sites excluding steroid dienone is 2. The Bertz CT molecular complexity index is 1000. The molecule has 1 aliphatic heterocycles. The Morgan fingerprint density at radius 1 is 1.19 bits per heavy atom. The molecule has 0 amide bonds. The molecule has 8 nitrogen and oxygen atoms in total. The zero-order valence-corrected chi connectivity index (χ0v) is 22.8. The molecule has 2 fully saturated rings. The zero-order chi connectivity index (χ0) is 27.2. The van der Waals surface area contributed by atoms with Gasteiger partial charge in [-0.05, 0) is 58.6 Å². The molecule has 2 unspecified atom stereocenters. The van der Waals surface area contributed by atoms with Gasteiger partial charge in [0.1, 0.15) is 18.3 Å². The first-order valence-electron chi connectivity index (χ1n) is 12.5. The molecule has 3 rings (SSSR count). The highest BCUT2D eigenvalue weighted by molar-refractivity contribution is 5.96. The second kappa shape index (κ2) is 9.88. The Balaban J connectivity index is 2.23. The van der Waals surface area contributed by atoms with E-state index < -0.39 is 58.9 Å². The third-order valence-corrected chi connectivity index (χ3v) is 7.81. The summed E-state index contributed by atoms with van der Waals surface area (Å²) in [7, 11) is 1.50. The van der Waals surface area contributed by atoms with Crippen LogP contribution in [-0.4, -0.2) is 65.1 Å². The van der Waals surface area contributed by atoms with Gasteiger partial charge in [0, 0.05) is 31.4 Å². The smallest absolute Gasteiger partial charge is 0.334 e. The summed E-state index contributed by atoms with van der Waals surface area (Å²) in [5.41, 5.74) is -2.57. The van der Waals surface area contributed by atoms with Gasteiger partial charge < -0.3 is 24.1 Å². The van der Waals surface area contributed by atoms with Crippen molar-refractivity contribution in [2.75, 3.05) is 7.11 Å². The average molecular weight is 505 g/mol. The molecule has 0 aromatic carbocycles. The van der Waals surface area contributed by atoms with E-state index in [1.165, 1.54) is 14.0 Å². The van der Waals surface area contributed by atoms with Crippen LogP contribution in [0.5, 0.6) is 0 Å². The van der Waals surface area contributed by atoms with E-state index in [1.807, 2.05) is 6.92 Å². The van der Waals surface area contributed by atoms with Crippen molar-refractivity contribution in [3.8, 4) is 0 Å². The van der Waals surface area contributed by atoms with E-state index in [0.717, 1.165) is 0 Å². The van der Waals surface area contributed by atoms with E-state index >= 15 is 0 Å². The topological polar surface area (TPSA) is 112 Å². The van der Waals surface area contributed by atoms with Crippen molar-refractivity contribution in [1.82, 2.24) is 0 Å². The summed E-state index contributed by atoms with van der Waals surface area (Å²) in [5.74, 6) is -2.37. The van der Waals surface area contributed by atoms with Crippen LogP contribution in [0.4, 0.5) is 0 Å². The highest BCUT2D eigenvalue weighted by atomic mass is 16.7. The SMILES string of the molecule is C/C=C(/C)C(=O)O[C@@H]1/C(C)=C/[C@@]23O[C@@]2(C[C@H](C)[C@@H]3OC(C)=O)C(=O)[C@H](C)/C=C\C(C(C)(C)O)C1OC. The molecule has 0 aromatic rings. The van der Waals surface area contributed by atoms with Crippen molar-refractivity contribution in [2.24, 2.45) is 17.8 Å². The molecule has 0 radical (unpaired) electrons. The number of epoxide rings is 1. The van der Waals surface area contributed by atoms with Gasteiger partial charge in [-0.3, -0.25) is 9.59 Å². The lowest BCUT2D eigenvalue weighted by molar-refractivity contribution is -0.154. The van der Waals surface area contributed by atoms with Gasteiger partial charge in [-0.1, -0.05) is 32.1 Å². The molecule has 2 aliphatic carbocycles. The van der Waals surface area contributed by atoms with Gasteiger partial charge in [-0.2, -0.15) is 0 Å². The Morgan fingerprint density at radius 3 is 2.36 bits per heavy atom. The predicted octanol–water partition coefficient (Wildman–Crippen LogP) is 3.47. The Morgan fingerprint density at radius 2 is 1.83 bits per heavy atom.